The van der Waals surface area contributed by atoms with E-state index in [1.165, 1.54) is 9.71 Å². The Bertz CT molecular complexity index is 826. The second-order valence-corrected chi connectivity index (χ2v) is 7.76. The van der Waals surface area contributed by atoms with E-state index in [1.807, 2.05) is 6.07 Å². The first-order valence-electron chi connectivity index (χ1n) is 7.82. The summed E-state index contributed by atoms with van der Waals surface area (Å²) in [5.41, 5.74) is 1.09. The fourth-order valence-corrected chi connectivity index (χ4v) is 4.45. The van der Waals surface area contributed by atoms with Crippen molar-refractivity contribution in [3.63, 3.8) is 0 Å². The molecular weight excluding hydrogens is 363 g/mol. The number of piperazine rings is 1. The van der Waals surface area contributed by atoms with Gasteiger partial charge in [-0.3, -0.25) is 4.90 Å². The summed E-state index contributed by atoms with van der Waals surface area (Å²) < 4.78 is 1.25. The van der Waals surface area contributed by atoms with Gasteiger partial charge in [-0.25, -0.2) is 9.97 Å². The summed E-state index contributed by atoms with van der Waals surface area (Å²) in [6.07, 6.45) is 1.65. The number of rotatable bonds is 3. The molecule has 3 aromatic rings. The van der Waals surface area contributed by atoms with E-state index in [1.54, 1.807) is 23.6 Å². The predicted octanol–water partition coefficient (Wildman–Crippen LogP) is 4.32. The number of pyridine rings is 1. The van der Waals surface area contributed by atoms with Crippen LogP contribution in [0.25, 0.3) is 10.2 Å². The molecule has 1 aliphatic heterocycles. The van der Waals surface area contributed by atoms with E-state index in [0.29, 0.717) is 10.0 Å². The van der Waals surface area contributed by atoms with Crippen molar-refractivity contribution < 1.29 is 0 Å². The van der Waals surface area contributed by atoms with Crippen molar-refractivity contribution in [3.05, 3.63) is 51.6 Å². The van der Waals surface area contributed by atoms with Gasteiger partial charge in [-0.2, -0.15) is 0 Å². The van der Waals surface area contributed by atoms with Gasteiger partial charge in [0.25, 0.3) is 0 Å². The topological polar surface area (TPSA) is 32.3 Å². The largest absolute Gasteiger partial charge is 0.353 e. The lowest BCUT2D eigenvalue weighted by atomic mass is 10.3. The van der Waals surface area contributed by atoms with E-state index in [0.717, 1.165) is 44.1 Å². The van der Waals surface area contributed by atoms with Crippen molar-refractivity contribution in [1.82, 2.24) is 14.9 Å². The molecule has 0 atom stereocenters. The molecule has 24 heavy (non-hydrogen) atoms. The average molecular weight is 379 g/mol. The zero-order chi connectivity index (χ0) is 16.5. The fraction of sp³-hybridized carbons (Fsp3) is 0.294. The van der Waals surface area contributed by atoms with E-state index in [-0.39, 0.29) is 0 Å². The third-order valence-corrected chi connectivity index (χ3v) is 5.66. The first-order chi connectivity index (χ1) is 11.7. The summed E-state index contributed by atoms with van der Waals surface area (Å²) in [4.78, 5) is 13.7. The quantitative estimate of drug-likeness (QED) is 0.679. The Balaban J connectivity index is 1.40. The van der Waals surface area contributed by atoms with E-state index >= 15 is 0 Å². The third kappa shape index (κ3) is 3.35. The van der Waals surface area contributed by atoms with Crippen LogP contribution in [0.1, 0.15) is 5.01 Å². The smallest absolute Gasteiger partial charge is 0.147 e. The standard InChI is InChI=1S/C17H16Cl2N4S/c18-12-9-13(19)17(20-10-12)23-7-5-22(6-8-23)11-16-21-14-3-1-2-4-15(14)24-16/h1-4,9-10H,5-8,11H2. The molecule has 0 bridgehead atoms. The molecule has 1 aromatic carbocycles. The number of fused-ring (bicyclic) bond motifs is 1. The van der Waals surface area contributed by atoms with Gasteiger partial charge < -0.3 is 4.90 Å². The minimum atomic E-state index is 0.568. The second kappa shape index (κ2) is 6.84. The second-order valence-electron chi connectivity index (χ2n) is 5.80. The van der Waals surface area contributed by atoms with E-state index < -0.39 is 0 Å². The highest BCUT2D eigenvalue weighted by atomic mass is 35.5. The van der Waals surface area contributed by atoms with Gasteiger partial charge in [0.1, 0.15) is 10.8 Å². The minimum absolute atomic E-state index is 0.568. The van der Waals surface area contributed by atoms with Crippen molar-refractivity contribution >= 4 is 50.6 Å². The first-order valence-corrected chi connectivity index (χ1v) is 9.39. The summed E-state index contributed by atoms with van der Waals surface area (Å²) in [5, 5.41) is 2.35. The molecule has 0 spiro atoms. The predicted molar refractivity (Wildman–Crippen MR) is 101 cm³/mol. The Hall–Kier alpha value is -1.40. The molecule has 1 saturated heterocycles. The lowest BCUT2D eigenvalue weighted by molar-refractivity contribution is 0.249. The number of para-hydroxylation sites is 1. The van der Waals surface area contributed by atoms with Gasteiger partial charge in [-0.05, 0) is 18.2 Å². The Morgan fingerprint density at radius 1 is 1.08 bits per heavy atom. The van der Waals surface area contributed by atoms with Crippen LogP contribution in [0.15, 0.2) is 36.5 Å². The van der Waals surface area contributed by atoms with Gasteiger partial charge in [0.05, 0.1) is 26.8 Å². The molecule has 124 valence electrons. The lowest BCUT2D eigenvalue weighted by Crippen LogP contribution is -2.46. The highest BCUT2D eigenvalue weighted by Crippen LogP contribution is 2.27. The number of thiazole rings is 1. The van der Waals surface area contributed by atoms with Crippen LogP contribution in [-0.2, 0) is 6.54 Å². The maximum absolute atomic E-state index is 6.26. The van der Waals surface area contributed by atoms with Gasteiger partial charge >= 0.3 is 0 Å². The van der Waals surface area contributed by atoms with Crippen molar-refractivity contribution in [2.24, 2.45) is 0 Å². The molecule has 0 N–H and O–H groups in total. The molecule has 2 aromatic heterocycles. The van der Waals surface area contributed by atoms with Gasteiger partial charge in [0.15, 0.2) is 0 Å². The molecule has 1 aliphatic rings. The molecule has 1 fully saturated rings. The van der Waals surface area contributed by atoms with Crippen LogP contribution in [0.4, 0.5) is 5.82 Å². The molecule has 0 aliphatic carbocycles. The Morgan fingerprint density at radius 2 is 1.88 bits per heavy atom. The molecule has 4 nitrogen and oxygen atoms in total. The molecule has 0 radical (unpaired) electrons. The number of aromatic nitrogens is 2. The molecular formula is C17H16Cl2N4S. The summed E-state index contributed by atoms with van der Waals surface area (Å²) in [6.45, 7) is 4.64. The van der Waals surface area contributed by atoms with Crippen LogP contribution in [0.5, 0.6) is 0 Å². The highest BCUT2D eigenvalue weighted by molar-refractivity contribution is 7.18. The number of hydrogen-bond donors (Lipinski definition) is 0. The molecule has 4 rings (SSSR count). The number of anilines is 1. The third-order valence-electron chi connectivity index (χ3n) is 4.16. The SMILES string of the molecule is Clc1cnc(N2CCN(Cc3nc4ccccc4s3)CC2)c(Cl)c1. The number of benzene rings is 1. The van der Waals surface area contributed by atoms with Crippen molar-refractivity contribution in [2.75, 3.05) is 31.1 Å². The van der Waals surface area contributed by atoms with Crippen molar-refractivity contribution in [1.29, 1.82) is 0 Å². The molecule has 3 heterocycles. The van der Waals surface area contributed by atoms with E-state index in [4.69, 9.17) is 28.2 Å². The van der Waals surface area contributed by atoms with Crippen LogP contribution in [-0.4, -0.2) is 41.0 Å². The monoisotopic (exact) mass is 378 g/mol. The van der Waals surface area contributed by atoms with Crippen LogP contribution < -0.4 is 4.90 Å². The Morgan fingerprint density at radius 3 is 2.62 bits per heavy atom. The van der Waals surface area contributed by atoms with Crippen LogP contribution in [0.3, 0.4) is 0 Å². The Labute approximate surface area is 154 Å². The minimum Gasteiger partial charge on any atom is -0.353 e. The highest BCUT2D eigenvalue weighted by Gasteiger charge is 2.21. The van der Waals surface area contributed by atoms with Crippen molar-refractivity contribution in [2.45, 2.75) is 6.54 Å². The lowest BCUT2D eigenvalue weighted by Gasteiger charge is -2.35. The number of nitrogens with zero attached hydrogens (tertiary/aromatic N) is 4. The van der Waals surface area contributed by atoms with Gasteiger partial charge in [0, 0.05) is 32.4 Å². The summed E-state index contributed by atoms with van der Waals surface area (Å²) in [5.74, 6) is 0.820. The summed E-state index contributed by atoms with van der Waals surface area (Å²) in [6, 6.07) is 10.0. The molecule has 7 heteroatoms. The van der Waals surface area contributed by atoms with Crippen LogP contribution >= 0.6 is 34.5 Å². The van der Waals surface area contributed by atoms with E-state index in [2.05, 4.69) is 33.0 Å². The first kappa shape index (κ1) is 16.1. The normalized spacial score (nSPS) is 16.0. The Kier molecular flexibility index (Phi) is 4.59. The van der Waals surface area contributed by atoms with Crippen molar-refractivity contribution in [3.8, 4) is 0 Å². The maximum atomic E-state index is 6.26. The number of halogens is 2. The van der Waals surface area contributed by atoms with Gasteiger partial charge in [0.2, 0.25) is 0 Å². The van der Waals surface area contributed by atoms with Crippen LogP contribution in [0, 0.1) is 0 Å². The average Bonchev–Trinajstić information content (AvgIpc) is 2.98. The van der Waals surface area contributed by atoms with E-state index in [9.17, 15) is 0 Å². The summed E-state index contributed by atoms with van der Waals surface area (Å²) >= 11 is 14.0. The fourth-order valence-electron chi connectivity index (χ4n) is 2.94. The zero-order valence-corrected chi connectivity index (χ0v) is 15.3. The van der Waals surface area contributed by atoms with Gasteiger partial charge in [-0.15, -0.1) is 11.3 Å². The van der Waals surface area contributed by atoms with Crippen LogP contribution in [0.2, 0.25) is 10.0 Å². The maximum Gasteiger partial charge on any atom is 0.147 e. The molecule has 0 unspecified atom stereocenters. The number of hydrogen-bond acceptors (Lipinski definition) is 5. The molecule has 0 amide bonds. The van der Waals surface area contributed by atoms with Gasteiger partial charge in [-0.1, -0.05) is 35.3 Å². The molecule has 0 saturated carbocycles. The summed E-state index contributed by atoms with van der Waals surface area (Å²) in [7, 11) is 0. The zero-order valence-electron chi connectivity index (χ0n) is 13.0.